The Hall–Kier alpha value is -0.990. The number of phenols is 1. The smallest absolute Gasteiger partial charge is 0.312 e. The van der Waals surface area contributed by atoms with E-state index < -0.39 is 35.2 Å². The number of nitrogens with two attached hydrogens (primary N) is 1. The highest BCUT2D eigenvalue weighted by Gasteiger charge is 2.23. The number of nitro benzene ring substituents is 1. The molecule has 102 valence electrons. The molecule has 9 heteroatoms. The van der Waals surface area contributed by atoms with Crippen molar-refractivity contribution < 1.29 is 18.8 Å². The molecule has 1 atom stereocenters. The Morgan fingerprint density at radius 2 is 2.06 bits per heavy atom. The molecule has 0 fully saturated rings. The number of nitrogens with zero attached hydrogens (tertiary/aromatic N) is 1. The lowest BCUT2D eigenvalue weighted by Crippen LogP contribution is -2.14. The fraction of sp³-hybridized carbons (Fsp3) is 0.333. The van der Waals surface area contributed by atoms with Crippen molar-refractivity contribution in [1.82, 2.24) is 0 Å². The normalized spacial score (nSPS) is 12.1. The van der Waals surface area contributed by atoms with E-state index in [1.54, 1.807) is 0 Å². The van der Waals surface area contributed by atoms with Gasteiger partial charge in [0, 0.05) is 28.6 Å². The van der Waals surface area contributed by atoms with Crippen LogP contribution in [0.3, 0.4) is 0 Å². The minimum Gasteiger partial charge on any atom is -0.502 e. The molecule has 0 heterocycles. The molecule has 0 amide bonds. The van der Waals surface area contributed by atoms with E-state index in [-0.39, 0.29) is 18.0 Å². The first kappa shape index (κ1) is 17.0. The highest BCUT2D eigenvalue weighted by Crippen LogP contribution is 2.37. The molecule has 1 aromatic rings. The molecule has 0 aliphatic carbocycles. The number of hydrogen-bond acceptors (Lipinski definition) is 4. The quantitative estimate of drug-likeness (QED) is 0.647. The van der Waals surface area contributed by atoms with Crippen molar-refractivity contribution in [3.63, 3.8) is 0 Å². The standard InChI is InChI=1S/C9H9BrF2N2O3.ClH/c10-4-1-5(6(13)3-8(11)12)9(15)7(2-4)14(16)17;/h1-2,6,8,15H,3,13H2;1H/t6-;/m0./s1. The maximum absolute atomic E-state index is 12.2. The van der Waals surface area contributed by atoms with Gasteiger partial charge < -0.3 is 10.8 Å². The zero-order valence-electron chi connectivity index (χ0n) is 8.85. The molecule has 0 saturated carbocycles. The van der Waals surface area contributed by atoms with Crippen LogP contribution in [-0.4, -0.2) is 16.5 Å². The fourth-order valence-electron chi connectivity index (χ4n) is 1.35. The second-order valence-corrected chi connectivity index (χ2v) is 4.27. The number of alkyl halides is 2. The lowest BCUT2D eigenvalue weighted by Gasteiger charge is -2.13. The third-order valence-electron chi connectivity index (χ3n) is 2.11. The molecule has 1 rings (SSSR count). The van der Waals surface area contributed by atoms with Gasteiger partial charge >= 0.3 is 5.69 Å². The van der Waals surface area contributed by atoms with E-state index in [2.05, 4.69) is 15.9 Å². The predicted molar refractivity (Wildman–Crippen MR) is 67.3 cm³/mol. The Morgan fingerprint density at radius 3 is 2.50 bits per heavy atom. The lowest BCUT2D eigenvalue weighted by atomic mass is 10.0. The van der Waals surface area contributed by atoms with Crippen molar-refractivity contribution in [2.24, 2.45) is 5.73 Å². The molecular weight excluding hydrogens is 337 g/mol. The summed E-state index contributed by atoms with van der Waals surface area (Å²) in [7, 11) is 0. The Labute approximate surface area is 116 Å². The van der Waals surface area contributed by atoms with Crippen LogP contribution in [0.25, 0.3) is 0 Å². The molecule has 3 N–H and O–H groups in total. The Balaban J connectivity index is 0.00000289. The molecule has 0 unspecified atom stereocenters. The Kier molecular flexibility index (Phi) is 6.44. The second kappa shape index (κ2) is 6.81. The van der Waals surface area contributed by atoms with Gasteiger partial charge in [0.05, 0.1) is 4.92 Å². The van der Waals surface area contributed by atoms with Crippen molar-refractivity contribution >= 4 is 34.0 Å². The van der Waals surface area contributed by atoms with Crippen molar-refractivity contribution in [3.8, 4) is 5.75 Å². The van der Waals surface area contributed by atoms with Gasteiger partial charge in [-0.05, 0) is 6.07 Å². The summed E-state index contributed by atoms with van der Waals surface area (Å²) in [5.74, 6) is -0.675. The molecule has 1 aromatic carbocycles. The Morgan fingerprint density at radius 1 is 1.50 bits per heavy atom. The summed E-state index contributed by atoms with van der Waals surface area (Å²) in [4.78, 5) is 9.80. The van der Waals surface area contributed by atoms with Crippen LogP contribution in [0, 0.1) is 10.1 Å². The van der Waals surface area contributed by atoms with Crippen molar-refractivity contribution in [3.05, 3.63) is 32.3 Å². The third kappa shape index (κ3) is 4.04. The monoisotopic (exact) mass is 346 g/mol. The third-order valence-corrected chi connectivity index (χ3v) is 2.57. The minimum atomic E-state index is -2.65. The van der Waals surface area contributed by atoms with Crippen LogP contribution >= 0.6 is 28.3 Å². The predicted octanol–water partition coefficient (Wildman–Crippen LogP) is 3.14. The van der Waals surface area contributed by atoms with Gasteiger partial charge in [0.15, 0.2) is 5.75 Å². The number of nitro groups is 1. The minimum absolute atomic E-state index is 0. The average molecular weight is 348 g/mol. The van der Waals surface area contributed by atoms with E-state index >= 15 is 0 Å². The number of aromatic hydroxyl groups is 1. The largest absolute Gasteiger partial charge is 0.502 e. The first-order valence-corrected chi connectivity index (χ1v) is 5.32. The molecule has 5 nitrogen and oxygen atoms in total. The van der Waals surface area contributed by atoms with Crippen molar-refractivity contribution in [2.75, 3.05) is 0 Å². The molecule has 0 saturated heterocycles. The highest BCUT2D eigenvalue weighted by atomic mass is 79.9. The van der Waals surface area contributed by atoms with Crippen LogP contribution in [0.15, 0.2) is 16.6 Å². The maximum atomic E-state index is 12.2. The molecule has 0 aliphatic rings. The second-order valence-electron chi connectivity index (χ2n) is 3.35. The van der Waals surface area contributed by atoms with E-state index in [9.17, 15) is 24.0 Å². The van der Waals surface area contributed by atoms with Gasteiger partial charge in [-0.2, -0.15) is 0 Å². The summed E-state index contributed by atoms with van der Waals surface area (Å²) in [5.41, 5.74) is 4.80. The molecule has 0 aromatic heterocycles. The van der Waals surface area contributed by atoms with Gasteiger partial charge in [-0.3, -0.25) is 10.1 Å². The van der Waals surface area contributed by atoms with Crippen LogP contribution in [0.1, 0.15) is 18.0 Å². The van der Waals surface area contributed by atoms with Gasteiger partial charge in [-0.25, -0.2) is 8.78 Å². The summed E-state index contributed by atoms with van der Waals surface area (Å²) in [5, 5.41) is 20.2. The molecule has 0 spiro atoms. The molecule has 0 radical (unpaired) electrons. The lowest BCUT2D eigenvalue weighted by molar-refractivity contribution is -0.386. The molecular formula is C9H10BrClF2N2O3. The van der Waals surface area contributed by atoms with Crippen LogP contribution < -0.4 is 5.73 Å². The van der Waals surface area contributed by atoms with Crippen LogP contribution in [0.2, 0.25) is 0 Å². The summed E-state index contributed by atoms with van der Waals surface area (Å²) in [6.45, 7) is 0. The zero-order chi connectivity index (χ0) is 13.2. The van der Waals surface area contributed by atoms with Crippen LogP contribution in [0.5, 0.6) is 5.75 Å². The summed E-state index contributed by atoms with van der Waals surface area (Å²) in [6.07, 6.45) is -3.33. The zero-order valence-corrected chi connectivity index (χ0v) is 11.2. The first-order valence-electron chi connectivity index (χ1n) is 4.53. The van der Waals surface area contributed by atoms with E-state index in [1.165, 1.54) is 6.07 Å². The van der Waals surface area contributed by atoms with E-state index in [0.717, 1.165) is 6.07 Å². The number of hydrogen-bond donors (Lipinski definition) is 2. The summed E-state index contributed by atoms with van der Waals surface area (Å²) < 4.78 is 24.6. The fourth-order valence-corrected chi connectivity index (χ4v) is 1.81. The van der Waals surface area contributed by atoms with E-state index in [1.807, 2.05) is 0 Å². The topological polar surface area (TPSA) is 89.4 Å². The van der Waals surface area contributed by atoms with E-state index in [0.29, 0.717) is 4.47 Å². The summed E-state index contributed by atoms with van der Waals surface area (Å²) in [6, 6.07) is 1.20. The van der Waals surface area contributed by atoms with Crippen LogP contribution in [0.4, 0.5) is 14.5 Å². The number of halogens is 4. The molecule has 0 aliphatic heterocycles. The number of benzene rings is 1. The van der Waals surface area contributed by atoms with Gasteiger partial charge in [0.25, 0.3) is 0 Å². The maximum Gasteiger partial charge on any atom is 0.312 e. The van der Waals surface area contributed by atoms with Crippen molar-refractivity contribution in [2.45, 2.75) is 18.9 Å². The van der Waals surface area contributed by atoms with Crippen molar-refractivity contribution in [1.29, 1.82) is 0 Å². The first-order chi connectivity index (χ1) is 7.82. The summed E-state index contributed by atoms with van der Waals surface area (Å²) >= 11 is 2.99. The van der Waals surface area contributed by atoms with Gasteiger partial charge in [-0.1, -0.05) is 15.9 Å². The SMILES string of the molecule is Cl.N[C@@H](CC(F)F)c1cc(Br)cc([N+](=O)[O-])c1O. The number of phenolic OH excluding ortho intramolecular Hbond substituents is 1. The van der Waals surface area contributed by atoms with Gasteiger partial charge in [-0.15, -0.1) is 12.4 Å². The average Bonchev–Trinajstić information content (AvgIpc) is 2.19. The van der Waals surface area contributed by atoms with E-state index in [4.69, 9.17) is 5.73 Å². The molecule has 18 heavy (non-hydrogen) atoms. The van der Waals surface area contributed by atoms with Gasteiger partial charge in [0.1, 0.15) is 0 Å². The number of rotatable bonds is 4. The molecule has 0 bridgehead atoms. The Bertz CT molecular complexity index is 448. The highest BCUT2D eigenvalue weighted by molar-refractivity contribution is 9.10. The van der Waals surface area contributed by atoms with Crippen LogP contribution in [-0.2, 0) is 0 Å². The van der Waals surface area contributed by atoms with Gasteiger partial charge in [0.2, 0.25) is 6.43 Å².